The molecule has 0 bridgehead atoms. The molecule has 1 rings (SSSR count). The molecule has 0 aliphatic rings. The Hall–Kier alpha value is -1.45. The first kappa shape index (κ1) is 16.6. The first-order valence-electron chi connectivity index (χ1n) is 5.56. The molecular weight excluding hydrogens is 308 g/mol. The second-order valence-corrected chi connectivity index (χ2v) is 6.08. The summed E-state index contributed by atoms with van der Waals surface area (Å²) < 4.78 is 31.5. The van der Waals surface area contributed by atoms with Crippen molar-refractivity contribution in [3.05, 3.63) is 16.9 Å². The van der Waals surface area contributed by atoms with Gasteiger partial charge in [-0.3, -0.25) is 4.79 Å². The van der Waals surface area contributed by atoms with Crippen LogP contribution in [-0.2, 0) is 19.7 Å². The summed E-state index contributed by atoms with van der Waals surface area (Å²) in [7, 11) is -1.30. The number of ether oxygens (including phenoxy) is 1. The average molecular weight is 323 g/mol. The van der Waals surface area contributed by atoms with E-state index in [0.29, 0.717) is 5.69 Å². The van der Waals surface area contributed by atoms with Crippen molar-refractivity contribution in [1.82, 2.24) is 14.3 Å². The van der Waals surface area contributed by atoms with Gasteiger partial charge < -0.3 is 4.74 Å². The van der Waals surface area contributed by atoms with Gasteiger partial charge in [-0.2, -0.15) is 12.7 Å². The van der Waals surface area contributed by atoms with Gasteiger partial charge in [-0.05, 0) is 13.0 Å². The van der Waals surface area contributed by atoms with Crippen LogP contribution in [0.15, 0.2) is 6.07 Å². The fourth-order valence-corrected chi connectivity index (χ4v) is 2.29. The minimum atomic E-state index is -3.86. The zero-order valence-electron chi connectivity index (χ0n) is 11.3. The summed E-state index contributed by atoms with van der Waals surface area (Å²) in [5.74, 6) is -0.623. The number of methoxy groups -OCH3 is 1. The van der Waals surface area contributed by atoms with Gasteiger partial charge in [0, 0.05) is 19.3 Å². The van der Waals surface area contributed by atoms with Crippen LogP contribution in [0.1, 0.15) is 12.1 Å². The number of rotatable bonds is 6. The highest BCUT2D eigenvalue weighted by atomic mass is 35.5. The third-order valence-corrected chi connectivity index (χ3v) is 3.95. The van der Waals surface area contributed by atoms with Crippen molar-refractivity contribution >= 4 is 33.7 Å². The van der Waals surface area contributed by atoms with E-state index in [9.17, 15) is 13.2 Å². The first-order valence-corrected chi connectivity index (χ1v) is 7.38. The van der Waals surface area contributed by atoms with Gasteiger partial charge in [0.1, 0.15) is 5.15 Å². The van der Waals surface area contributed by atoms with E-state index < -0.39 is 16.2 Å². The summed E-state index contributed by atoms with van der Waals surface area (Å²) >= 11 is 5.72. The topological polar surface area (TPSA) is 101 Å². The maximum Gasteiger partial charge on any atom is 0.306 e. The number of aryl methyl sites for hydroxylation is 1. The molecule has 0 aliphatic heterocycles. The molecule has 0 atom stereocenters. The number of aromatic nitrogens is 2. The molecule has 0 unspecified atom stereocenters. The lowest BCUT2D eigenvalue weighted by atomic mass is 10.4. The van der Waals surface area contributed by atoms with Crippen LogP contribution in [0.2, 0.25) is 5.15 Å². The molecule has 20 heavy (non-hydrogen) atoms. The van der Waals surface area contributed by atoms with Gasteiger partial charge in [-0.15, -0.1) is 0 Å². The third kappa shape index (κ3) is 4.91. The Labute approximate surface area is 122 Å². The van der Waals surface area contributed by atoms with Gasteiger partial charge in [-0.25, -0.2) is 14.7 Å². The number of hydrogen-bond acceptors (Lipinski definition) is 6. The molecule has 112 valence electrons. The first-order chi connectivity index (χ1) is 9.24. The Morgan fingerprint density at radius 2 is 2.15 bits per heavy atom. The van der Waals surface area contributed by atoms with Crippen LogP contribution in [0.3, 0.4) is 0 Å². The average Bonchev–Trinajstić information content (AvgIpc) is 2.33. The maximum atomic E-state index is 12.0. The second-order valence-electron chi connectivity index (χ2n) is 3.91. The maximum absolute atomic E-state index is 12.0. The number of anilines is 1. The number of carbonyl (C=O) groups is 1. The van der Waals surface area contributed by atoms with Crippen LogP contribution in [0.5, 0.6) is 0 Å². The molecule has 1 heterocycles. The molecular formula is C10H15ClN4O4S. The van der Waals surface area contributed by atoms with E-state index in [4.69, 9.17) is 11.6 Å². The Kier molecular flexibility index (Phi) is 5.66. The Bertz CT molecular complexity index is 573. The lowest BCUT2D eigenvalue weighted by molar-refractivity contribution is -0.140. The highest BCUT2D eigenvalue weighted by Crippen LogP contribution is 2.12. The molecule has 0 aliphatic carbocycles. The quantitative estimate of drug-likeness (QED) is 0.607. The lowest BCUT2D eigenvalue weighted by Crippen LogP contribution is -2.34. The molecule has 1 N–H and O–H groups in total. The van der Waals surface area contributed by atoms with Gasteiger partial charge in [-0.1, -0.05) is 11.6 Å². The minimum Gasteiger partial charge on any atom is -0.469 e. The number of hydrogen-bond donors (Lipinski definition) is 1. The van der Waals surface area contributed by atoms with Crippen molar-refractivity contribution in [1.29, 1.82) is 0 Å². The molecule has 0 radical (unpaired) electrons. The minimum absolute atomic E-state index is 0.0262. The Balaban J connectivity index is 2.75. The highest BCUT2D eigenvalue weighted by Gasteiger charge is 2.20. The molecule has 0 fully saturated rings. The summed E-state index contributed by atoms with van der Waals surface area (Å²) in [5.41, 5.74) is 0.528. The second kappa shape index (κ2) is 6.82. The van der Waals surface area contributed by atoms with Crippen LogP contribution in [-0.4, -0.2) is 49.4 Å². The zero-order chi connectivity index (χ0) is 15.3. The molecule has 0 spiro atoms. The van der Waals surface area contributed by atoms with Crippen molar-refractivity contribution in [2.75, 3.05) is 25.4 Å². The standard InChI is InChI=1S/C10H15ClN4O4S/c1-7-6-8(11)13-10(12-7)14-20(17,18)15(2)5-4-9(16)19-3/h6H,4-5H2,1-3H3,(H,12,13,14). The monoisotopic (exact) mass is 322 g/mol. The van der Waals surface area contributed by atoms with Crippen LogP contribution in [0.4, 0.5) is 5.95 Å². The molecule has 1 aromatic rings. The van der Waals surface area contributed by atoms with E-state index in [1.54, 1.807) is 6.92 Å². The van der Waals surface area contributed by atoms with Crippen molar-refractivity contribution in [2.24, 2.45) is 0 Å². The van der Waals surface area contributed by atoms with Gasteiger partial charge in [0.05, 0.1) is 13.5 Å². The van der Waals surface area contributed by atoms with Gasteiger partial charge >= 0.3 is 16.2 Å². The Morgan fingerprint density at radius 1 is 1.50 bits per heavy atom. The zero-order valence-corrected chi connectivity index (χ0v) is 12.8. The number of halogens is 1. The van der Waals surface area contributed by atoms with Crippen molar-refractivity contribution in [3.63, 3.8) is 0 Å². The number of esters is 1. The van der Waals surface area contributed by atoms with Crippen molar-refractivity contribution in [3.8, 4) is 0 Å². The Morgan fingerprint density at radius 3 is 2.70 bits per heavy atom. The fraction of sp³-hybridized carbons (Fsp3) is 0.500. The van der Waals surface area contributed by atoms with Crippen LogP contribution < -0.4 is 4.72 Å². The molecule has 8 nitrogen and oxygen atoms in total. The van der Waals surface area contributed by atoms with Crippen molar-refractivity contribution in [2.45, 2.75) is 13.3 Å². The molecule has 0 saturated carbocycles. The molecule has 10 heteroatoms. The van der Waals surface area contributed by atoms with E-state index in [1.165, 1.54) is 20.2 Å². The summed E-state index contributed by atoms with van der Waals surface area (Å²) in [6.45, 7) is 1.63. The van der Waals surface area contributed by atoms with Gasteiger partial charge in [0.15, 0.2) is 0 Å². The summed E-state index contributed by atoms with van der Waals surface area (Å²) in [6, 6.07) is 1.50. The molecule has 0 saturated heterocycles. The number of carbonyl (C=O) groups excluding carboxylic acids is 1. The predicted octanol–water partition coefficient (Wildman–Crippen LogP) is 0.590. The SMILES string of the molecule is COC(=O)CCN(C)S(=O)(=O)Nc1nc(C)cc(Cl)n1. The van der Waals surface area contributed by atoms with E-state index in [-0.39, 0.29) is 24.1 Å². The van der Waals surface area contributed by atoms with E-state index in [1.807, 2.05) is 0 Å². The van der Waals surface area contributed by atoms with Gasteiger partial charge in [0.2, 0.25) is 5.95 Å². The van der Waals surface area contributed by atoms with E-state index in [2.05, 4.69) is 19.4 Å². The number of nitrogens with zero attached hydrogens (tertiary/aromatic N) is 3. The number of nitrogens with one attached hydrogen (secondary N) is 1. The fourth-order valence-electron chi connectivity index (χ4n) is 1.24. The van der Waals surface area contributed by atoms with Gasteiger partial charge in [0.25, 0.3) is 0 Å². The molecule has 0 aromatic carbocycles. The third-order valence-electron chi connectivity index (χ3n) is 2.31. The van der Waals surface area contributed by atoms with Crippen LogP contribution in [0.25, 0.3) is 0 Å². The van der Waals surface area contributed by atoms with Crippen LogP contribution in [0, 0.1) is 6.92 Å². The normalized spacial score (nSPS) is 11.4. The lowest BCUT2D eigenvalue weighted by Gasteiger charge is -2.16. The smallest absolute Gasteiger partial charge is 0.306 e. The van der Waals surface area contributed by atoms with E-state index in [0.717, 1.165) is 4.31 Å². The van der Waals surface area contributed by atoms with E-state index >= 15 is 0 Å². The van der Waals surface area contributed by atoms with Crippen LogP contribution >= 0.6 is 11.6 Å². The molecule has 0 amide bonds. The summed E-state index contributed by atoms with van der Waals surface area (Å²) in [6.07, 6.45) is -0.0522. The molecule has 1 aromatic heterocycles. The summed E-state index contributed by atoms with van der Waals surface area (Å²) in [4.78, 5) is 18.7. The predicted molar refractivity (Wildman–Crippen MR) is 73.6 cm³/mol. The van der Waals surface area contributed by atoms with Crippen molar-refractivity contribution < 1.29 is 17.9 Å². The summed E-state index contributed by atoms with van der Waals surface area (Å²) in [5, 5.41) is 0.132. The highest BCUT2D eigenvalue weighted by molar-refractivity contribution is 7.90. The largest absolute Gasteiger partial charge is 0.469 e.